The van der Waals surface area contributed by atoms with Crippen molar-refractivity contribution in [1.82, 2.24) is 19.5 Å². The molecule has 0 aliphatic heterocycles. The number of hydrogen-bond donors (Lipinski definition) is 0. The van der Waals surface area contributed by atoms with E-state index in [-0.39, 0.29) is 0 Å². The van der Waals surface area contributed by atoms with Crippen LogP contribution in [0, 0.1) is 0 Å². The fourth-order valence-corrected chi connectivity index (χ4v) is 9.25. The van der Waals surface area contributed by atoms with Gasteiger partial charge in [0.15, 0.2) is 17.5 Å². The summed E-state index contributed by atoms with van der Waals surface area (Å²) >= 11 is 1.87. The van der Waals surface area contributed by atoms with Gasteiger partial charge in [-0.1, -0.05) is 164 Å². The highest BCUT2D eigenvalue weighted by Crippen LogP contribution is 2.43. The lowest BCUT2D eigenvalue weighted by molar-refractivity contribution is 1.07. The van der Waals surface area contributed by atoms with Gasteiger partial charge in [0.05, 0.1) is 16.7 Å². The summed E-state index contributed by atoms with van der Waals surface area (Å²) in [7, 11) is 0. The largest absolute Gasteiger partial charge is 0.309 e. The lowest BCUT2D eigenvalue weighted by Gasteiger charge is -2.15. The Labute approximate surface area is 327 Å². The zero-order valence-corrected chi connectivity index (χ0v) is 31.0. The first-order chi connectivity index (χ1) is 27.8. The Morgan fingerprint density at radius 1 is 0.339 bits per heavy atom. The molecule has 0 saturated carbocycles. The Morgan fingerprint density at radius 2 is 0.857 bits per heavy atom. The maximum atomic E-state index is 4.94. The van der Waals surface area contributed by atoms with Crippen LogP contribution < -0.4 is 0 Å². The lowest BCUT2D eigenvalue weighted by atomic mass is 10.0. The van der Waals surface area contributed by atoms with E-state index in [9.17, 15) is 0 Å². The minimum absolute atomic E-state index is 0.646. The highest BCUT2D eigenvalue weighted by Gasteiger charge is 2.19. The van der Waals surface area contributed by atoms with E-state index in [0.717, 1.165) is 27.8 Å². The molecule has 11 aromatic rings. The molecule has 0 aliphatic rings. The van der Waals surface area contributed by atoms with E-state index >= 15 is 0 Å². The predicted molar refractivity (Wildman–Crippen MR) is 234 cm³/mol. The van der Waals surface area contributed by atoms with Gasteiger partial charge in [-0.25, -0.2) is 15.0 Å². The lowest BCUT2D eigenvalue weighted by Crippen LogP contribution is -2.00. The fourth-order valence-electron chi connectivity index (χ4n) is 8.02. The molecule has 3 aromatic heterocycles. The van der Waals surface area contributed by atoms with Gasteiger partial charge in [0.25, 0.3) is 0 Å². The fraction of sp³-hybridized carbons (Fsp3) is 0. The molecule has 0 radical (unpaired) electrons. The van der Waals surface area contributed by atoms with Crippen molar-refractivity contribution in [3.63, 3.8) is 0 Å². The van der Waals surface area contributed by atoms with Crippen molar-refractivity contribution >= 4 is 53.3 Å². The summed E-state index contributed by atoms with van der Waals surface area (Å²) in [5, 5.41) is 5.06. The quantitative estimate of drug-likeness (QED) is 0.171. The van der Waals surface area contributed by atoms with E-state index in [0.29, 0.717) is 17.5 Å². The first-order valence-corrected chi connectivity index (χ1v) is 19.6. The second-order valence-corrected chi connectivity index (χ2v) is 15.0. The van der Waals surface area contributed by atoms with Crippen LogP contribution in [0.1, 0.15) is 0 Å². The zero-order chi connectivity index (χ0) is 37.0. The van der Waals surface area contributed by atoms with E-state index in [4.69, 9.17) is 15.0 Å². The molecule has 0 aliphatic carbocycles. The maximum Gasteiger partial charge on any atom is 0.164 e. The van der Waals surface area contributed by atoms with Gasteiger partial charge in [0, 0.05) is 58.8 Å². The number of thiophene rings is 1. The Hall–Kier alpha value is -7.21. The number of benzene rings is 8. The molecule has 8 aromatic carbocycles. The number of hydrogen-bond acceptors (Lipinski definition) is 4. The normalized spacial score (nSPS) is 11.6. The molecule has 262 valence electrons. The van der Waals surface area contributed by atoms with Crippen molar-refractivity contribution in [2.45, 2.75) is 0 Å². The van der Waals surface area contributed by atoms with Gasteiger partial charge < -0.3 is 4.57 Å². The average molecular weight is 733 g/mol. The molecular formula is C51H32N4S. The minimum atomic E-state index is 0.646. The average Bonchev–Trinajstić information content (AvgIpc) is 3.83. The summed E-state index contributed by atoms with van der Waals surface area (Å²) < 4.78 is 5.07. The molecule has 0 bridgehead atoms. The number of para-hydroxylation sites is 2. The van der Waals surface area contributed by atoms with E-state index in [1.54, 1.807) is 0 Å². The van der Waals surface area contributed by atoms with Crippen molar-refractivity contribution in [3.05, 3.63) is 194 Å². The second-order valence-electron chi connectivity index (χ2n) is 14.0. The minimum Gasteiger partial charge on any atom is -0.309 e. The van der Waals surface area contributed by atoms with Crippen LogP contribution >= 0.6 is 11.3 Å². The van der Waals surface area contributed by atoms with E-state index in [1.165, 1.54) is 58.8 Å². The third-order valence-corrected chi connectivity index (χ3v) is 11.9. The standard InChI is InChI=1S/C51H32N4S/c1-3-14-34(15-4-1)49-52-50(35-16-5-2-6-17-35)54-51(53-49)36-28-26-33(27-29-36)37-30-31-46-43(32-37)39-19-8-11-24-45(39)55(46)44-23-10-7-18-38(44)41-21-13-22-42-40-20-9-12-25-47(40)56-48(41)42/h1-32H. The highest BCUT2D eigenvalue weighted by molar-refractivity contribution is 7.26. The van der Waals surface area contributed by atoms with Crippen LogP contribution in [0.15, 0.2) is 194 Å². The van der Waals surface area contributed by atoms with Crippen LogP contribution in [0.2, 0.25) is 0 Å². The SMILES string of the molecule is c1ccc(-c2nc(-c3ccccc3)nc(-c3ccc(-c4ccc5c(c4)c4ccccc4n5-c4ccccc4-c4cccc5c4sc4ccccc45)cc3)n2)cc1. The Morgan fingerprint density at radius 3 is 1.59 bits per heavy atom. The number of fused-ring (bicyclic) bond motifs is 6. The molecule has 5 heteroatoms. The van der Waals surface area contributed by atoms with Crippen LogP contribution in [-0.4, -0.2) is 19.5 Å². The van der Waals surface area contributed by atoms with Crippen molar-refractivity contribution in [2.75, 3.05) is 0 Å². The molecule has 0 saturated heterocycles. The monoisotopic (exact) mass is 732 g/mol. The van der Waals surface area contributed by atoms with Crippen LogP contribution in [0.25, 0.3) is 104 Å². The molecule has 0 atom stereocenters. The van der Waals surface area contributed by atoms with Crippen LogP contribution in [0.5, 0.6) is 0 Å². The topological polar surface area (TPSA) is 43.6 Å². The predicted octanol–water partition coefficient (Wildman–Crippen LogP) is 13.7. The molecule has 11 rings (SSSR count). The Kier molecular flexibility index (Phi) is 7.64. The second kappa shape index (κ2) is 13.3. The molecule has 3 heterocycles. The van der Waals surface area contributed by atoms with Crippen molar-refractivity contribution in [1.29, 1.82) is 0 Å². The van der Waals surface area contributed by atoms with Crippen molar-refractivity contribution in [2.24, 2.45) is 0 Å². The third kappa shape index (κ3) is 5.40. The number of nitrogens with zero attached hydrogens (tertiary/aromatic N) is 4. The first kappa shape index (κ1) is 32.2. The summed E-state index contributed by atoms with van der Waals surface area (Å²) in [5.41, 5.74) is 11.1. The molecule has 0 unspecified atom stereocenters. The van der Waals surface area contributed by atoms with Gasteiger partial charge in [-0.05, 0) is 41.5 Å². The molecule has 4 nitrogen and oxygen atoms in total. The molecule has 0 N–H and O–H groups in total. The molecular weight excluding hydrogens is 701 g/mol. The molecule has 56 heavy (non-hydrogen) atoms. The van der Waals surface area contributed by atoms with Crippen LogP contribution in [-0.2, 0) is 0 Å². The van der Waals surface area contributed by atoms with Crippen LogP contribution in [0.3, 0.4) is 0 Å². The number of rotatable bonds is 6. The van der Waals surface area contributed by atoms with Gasteiger partial charge in [0.1, 0.15) is 0 Å². The van der Waals surface area contributed by atoms with E-state index in [2.05, 4.69) is 138 Å². The van der Waals surface area contributed by atoms with Gasteiger partial charge in [-0.15, -0.1) is 11.3 Å². The summed E-state index contributed by atoms with van der Waals surface area (Å²) in [6.45, 7) is 0. The Balaban J connectivity index is 1.01. The van der Waals surface area contributed by atoms with E-state index in [1.807, 2.05) is 72.0 Å². The third-order valence-electron chi connectivity index (χ3n) is 10.7. The van der Waals surface area contributed by atoms with E-state index < -0.39 is 0 Å². The van der Waals surface area contributed by atoms with Gasteiger partial charge in [-0.2, -0.15) is 0 Å². The summed E-state index contributed by atoms with van der Waals surface area (Å²) in [5.74, 6) is 1.96. The van der Waals surface area contributed by atoms with Gasteiger partial charge in [-0.3, -0.25) is 0 Å². The first-order valence-electron chi connectivity index (χ1n) is 18.8. The number of aromatic nitrogens is 4. The molecule has 0 spiro atoms. The summed E-state index contributed by atoms with van der Waals surface area (Å²) in [4.78, 5) is 14.7. The molecule has 0 fully saturated rings. The van der Waals surface area contributed by atoms with Crippen molar-refractivity contribution < 1.29 is 0 Å². The van der Waals surface area contributed by atoms with Crippen LogP contribution in [0.4, 0.5) is 0 Å². The van der Waals surface area contributed by atoms with Gasteiger partial charge >= 0.3 is 0 Å². The highest BCUT2D eigenvalue weighted by atomic mass is 32.1. The summed E-state index contributed by atoms with van der Waals surface area (Å²) in [6, 6.07) is 68.7. The smallest absolute Gasteiger partial charge is 0.164 e. The molecule has 0 amide bonds. The van der Waals surface area contributed by atoms with Crippen molar-refractivity contribution in [3.8, 4) is 62.1 Å². The maximum absolute atomic E-state index is 4.94. The summed E-state index contributed by atoms with van der Waals surface area (Å²) in [6.07, 6.45) is 0. The Bertz CT molecular complexity index is 3180. The zero-order valence-electron chi connectivity index (χ0n) is 30.2. The van der Waals surface area contributed by atoms with Gasteiger partial charge in [0.2, 0.25) is 0 Å².